The molecule has 39 heavy (non-hydrogen) atoms. The Hall–Kier alpha value is -5.16. The molecule has 0 saturated carbocycles. The molecule has 4 aromatic carbocycles. The topological polar surface area (TPSA) is 60.2 Å². The summed E-state index contributed by atoms with van der Waals surface area (Å²) in [5.41, 5.74) is 6.44. The van der Waals surface area contributed by atoms with Crippen molar-refractivity contribution < 1.29 is 9.84 Å². The number of aryl methyl sites for hydroxylation is 2. The van der Waals surface area contributed by atoms with Gasteiger partial charge in [0.25, 0.3) is 0 Å². The molecular weight excluding hydrogens is 482 g/mol. The Morgan fingerprint density at radius 2 is 1.49 bits per heavy atom. The van der Waals surface area contributed by atoms with Crippen LogP contribution in [0.3, 0.4) is 0 Å². The fourth-order valence-electron chi connectivity index (χ4n) is 5.51. The molecule has 0 unspecified atom stereocenters. The molecule has 5 heteroatoms. The lowest BCUT2D eigenvalue weighted by molar-refractivity contribution is 0.459. The minimum Gasteiger partial charge on any atom is -0.505 e. The van der Waals surface area contributed by atoms with Crippen LogP contribution in [0.2, 0.25) is 0 Å². The highest BCUT2D eigenvalue weighted by Crippen LogP contribution is 2.40. The van der Waals surface area contributed by atoms with E-state index in [2.05, 4.69) is 45.9 Å². The molecule has 0 saturated heterocycles. The van der Waals surface area contributed by atoms with E-state index in [9.17, 15) is 5.11 Å². The first-order valence-corrected chi connectivity index (χ1v) is 12.9. The third-order valence-corrected chi connectivity index (χ3v) is 7.25. The standard InChI is InChI=1S/C34H25N3O2/c1-21-18-22(2)34(38)33-32(21)27(23-10-4-3-5-11-23)20-31(36-33)39-24-15-16-26-25-12-6-7-13-28(25)37(29(26)19-24)30-14-8-9-17-35-30/h3-20,38H,1-2H3. The van der Waals surface area contributed by atoms with E-state index in [0.29, 0.717) is 17.1 Å². The van der Waals surface area contributed by atoms with E-state index in [1.807, 2.05) is 80.6 Å². The van der Waals surface area contributed by atoms with Gasteiger partial charge in [-0.25, -0.2) is 9.97 Å². The summed E-state index contributed by atoms with van der Waals surface area (Å²) in [6, 6.07) is 34.4. The minimum absolute atomic E-state index is 0.170. The molecule has 3 heterocycles. The van der Waals surface area contributed by atoms with Crippen LogP contribution in [-0.4, -0.2) is 19.6 Å². The van der Waals surface area contributed by atoms with Gasteiger partial charge in [0.15, 0.2) is 0 Å². The fourth-order valence-corrected chi connectivity index (χ4v) is 5.51. The van der Waals surface area contributed by atoms with Crippen molar-refractivity contribution in [2.24, 2.45) is 0 Å². The molecule has 0 bridgehead atoms. The molecule has 0 radical (unpaired) electrons. The Bertz CT molecular complexity index is 2010. The van der Waals surface area contributed by atoms with Gasteiger partial charge in [0.05, 0.1) is 11.0 Å². The highest BCUT2D eigenvalue weighted by atomic mass is 16.5. The number of rotatable bonds is 4. The number of para-hydroxylation sites is 1. The Balaban J connectivity index is 1.43. The van der Waals surface area contributed by atoms with Crippen LogP contribution in [0.5, 0.6) is 17.4 Å². The maximum atomic E-state index is 11.0. The van der Waals surface area contributed by atoms with E-state index in [1.54, 1.807) is 6.20 Å². The second-order valence-electron chi connectivity index (χ2n) is 9.78. The monoisotopic (exact) mass is 507 g/mol. The zero-order chi connectivity index (χ0) is 26.5. The summed E-state index contributed by atoms with van der Waals surface area (Å²) in [6.45, 7) is 3.94. The number of ether oxygens (including phenoxy) is 1. The van der Waals surface area contributed by atoms with E-state index < -0.39 is 0 Å². The van der Waals surface area contributed by atoms with Crippen molar-refractivity contribution in [1.29, 1.82) is 0 Å². The van der Waals surface area contributed by atoms with Crippen molar-refractivity contribution in [1.82, 2.24) is 14.5 Å². The molecule has 3 aromatic heterocycles. The smallest absolute Gasteiger partial charge is 0.220 e. The highest BCUT2D eigenvalue weighted by Gasteiger charge is 2.18. The second kappa shape index (κ2) is 8.99. The maximum absolute atomic E-state index is 11.0. The van der Waals surface area contributed by atoms with Gasteiger partial charge in [0.2, 0.25) is 5.88 Å². The molecule has 7 rings (SSSR count). The van der Waals surface area contributed by atoms with E-state index >= 15 is 0 Å². The SMILES string of the molecule is Cc1cc(C)c2c(-c3ccccc3)cc(Oc3ccc4c5ccccc5n(-c5ccccn5)c4c3)nc2c1O. The van der Waals surface area contributed by atoms with Crippen LogP contribution in [0.1, 0.15) is 11.1 Å². The first-order valence-electron chi connectivity index (χ1n) is 12.9. The van der Waals surface area contributed by atoms with Gasteiger partial charge in [-0.15, -0.1) is 0 Å². The van der Waals surface area contributed by atoms with Gasteiger partial charge in [-0.05, 0) is 66.4 Å². The first kappa shape index (κ1) is 23.0. The Kier molecular flexibility index (Phi) is 5.30. The zero-order valence-electron chi connectivity index (χ0n) is 21.6. The lowest BCUT2D eigenvalue weighted by Gasteiger charge is -2.15. The molecule has 1 N–H and O–H groups in total. The summed E-state index contributed by atoms with van der Waals surface area (Å²) < 4.78 is 8.57. The van der Waals surface area contributed by atoms with Gasteiger partial charge >= 0.3 is 0 Å². The molecule has 0 atom stereocenters. The number of benzene rings is 4. The van der Waals surface area contributed by atoms with E-state index in [1.165, 1.54) is 0 Å². The van der Waals surface area contributed by atoms with Gasteiger partial charge in [-0.3, -0.25) is 4.57 Å². The van der Waals surface area contributed by atoms with Crippen molar-refractivity contribution in [3.8, 4) is 34.3 Å². The predicted molar refractivity (Wildman–Crippen MR) is 157 cm³/mol. The molecule has 0 spiro atoms. The van der Waals surface area contributed by atoms with Crippen LogP contribution < -0.4 is 4.74 Å². The third kappa shape index (κ3) is 3.79. The number of aromatic hydroxyl groups is 1. The number of fused-ring (bicyclic) bond motifs is 4. The van der Waals surface area contributed by atoms with Crippen molar-refractivity contribution in [3.05, 3.63) is 120 Å². The van der Waals surface area contributed by atoms with Gasteiger partial charge in [0, 0.05) is 34.5 Å². The summed E-state index contributed by atoms with van der Waals surface area (Å²) in [5.74, 6) is 2.08. The van der Waals surface area contributed by atoms with Crippen LogP contribution in [0.25, 0.3) is 49.7 Å². The van der Waals surface area contributed by atoms with Crippen LogP contribution in [0.4, 0.5) is 0 Å². The fraction of sp³-hybridized carbons (Fsp3) is 0.0588. The summed E-state index contributed by atoms with van der Waals surface area (Å²) in [6.07, 6.45) is 1.80. The van der Waals surface area contributed by atoms with Crippen LogP contribution >= 0.6 is 0 Å². The number of hydrogen-bond donors (Lipinski definition) is 1. The van der Waals surface area contributed by atoms with Crippen LogP contribution in [0.15, 0.2) is 109 Å². The molecule has 0 amide bonds. The quantitative estimate of drug-likeness (QED) is 0.259. The molecule has 0 fully saturated rings. The van der Waals surface area contributed by atoms with E-state index in [-0.39, 0.29) is 5.75 Å². The summed E-state index contributed by atoms with van der Waals surface area (Å²) >= 11 is 0. The van der Waals surface area contributed by atoms with Crippen molar-refractivity contribution in [2.45, 2.75) is 13.8 Å². The maximum Gasteiger partial charge on any atom is 0.220 e. The first-order chi connectivity index (χ1) is 19.1. The van der Waals surface area contributed by atoms with E-state index in [0.717, 1.165) is 55.3 Å². The van der Waals surface area contributed by atoms with E-state index in [4.69, 9.17) is 9.72 Å². The lowest BCUT2D eigenvalue weighted by atomic mass is 9.96. The number of pyridine rings is 2. The minimum atomic E-state index is 0.170. The van der Waals surface area contributed by atoms with Gasteiger partial charge in [-0.1, -0.05) is 60.7 Å². The largest absolute Gasteiger partial charge is 0.505 e. The van der Waals surface area contributed by atoms with Gasteiger partial charge in [-0.2, -0.15) is 0 Å². The molecule has 7 aromatic rings. The third-order valence-electron chi connectivity index (χ3n) is 7.25. The lowest BCUT2D eigenvalue weighted by Crippen LogP contribution is -1.97. The number of aromatic nitrogens is 3. The number of nitrogens with zero attached hydrogens (tertiary/aromatic N) is 3. The Morgan fingerprint density at radius 1 is 0.718 bits per heavy atom. The molecule has 0 aliphatic rings. The number of hydrogen-bond acceptors (Lipinski definition) is 4. The Morgan fingerprint density at radius 3 is 2.31 bits per heavy atom. The van der Waals surface area contributed by atoms with Crippen molar-refractivity contribution in [3.63, 3.8) is 0 Å². The highest BCUT2D eigenvalue weighted by molar-refractivity contribution is 6.09. The number of phenols is 1. The van der Waals surface area contributed by atoms with Crippen LogP contribution in [-0.2, 0) is 0 Å². The van der Waals surface area contributed by atoms with Crippen molar-refractivity contribution in [2.75, 3.05) is 0 Å². The molecule has 188 valence electrons. The summed E-state index contributed by atoms with van der Waals surface area (Å²) in [7, 11) is 0. The number of phenolic OH excluding ortho intramolecular Hbond substituents is 1. The van der Waals surface area contributed by atoms with Crippen LogP contribution in [0, 0.1) is 13.8 Å². The molecule has 0 aliphatic carbocycles. The predicted octanol–water partition coefficient (Wildman–Crippen LogP) is 8.51. The second-order valence-corrected chi connectivity index (χ2v) is 9.78. The summed E-state index contributed by atoms with van der Waals surface area (Å²) in [4.78, 5) is 9.41. The molecule has 0 aliphatic heterocycles. The van der Waals surface area contributed by atoms with Crippen molar-refractivity contribution >= 4 is 32.7 Å². The van der Waals surface area contributed by atoms with Gasteiger partial charge in [0.1, 0.15) is 22.8 Å². The average molecular weight is 508 g/mol. The molecule has 5 nitrogen and oxygen atoms in total. The zero-order valence-corrected chi connectivity index (χ0v) is 21.6. The average Bonchev–Trinajstić information content (AvgIpc) is 3.30. The normalized spacial score (nSPS) is 11.4. The summed E-state index contributed by atoms with van der Waals surface area (Å²) in [5, 5.41) is 14.2. The Labute approximate surface area is 225 Å². The van der Waals surface area contributed by atoms with Gasteiger partial charge < -0.3 is 9.84 Å². The molecular formula is C34H25N3O2.